The van der Waals surface area contributed by atoms with Gasteiger partial charge in [0.2, 0.25) is 0 Å². The van der Waals surface area contributed by atoms with Crippen LogP contribution in [0.25, 0.3) is 10.1 Å². The lowest BCUT2D eigenvalue weighted by Crippen LogP contribution is -1.76. The molecule has 1 nitrogen and oxygen atoms in total. The lowest BCUT2D eigenvalue weighted by Gasteiger charge is -1.99. The summed E-state index contributed by atoms with van der Waals surface area (Å²) >= 11 is 11.6. The Morgan fingerprint density at radius 3 is 2.92 bits per heavy atom. The van der Waals surface area contributed by atoms with E-state index in [2.05, 4.69) is 12.6 Å². The molecule has 1 heterocycles. The molecule has 1 N–H and O–H groups in total. The summed E-state index contributed by atoms with van der Waals surface area (Å²) in [5, 5.41) is 12.5. The molecular formula is C9H7ClOS2. The molecule has 13 heavy (non-hydrogen) atoms. The molecule has 0 amide bonds. The fourth-order valence-electron chi connectivity index (χ4n) is 1.28. The van der Waals surface area contributed by atoms with Crippen molar-refractivity contribution in [2.24, 2.45) is 0 Å². The Morgan fingerprint density at radius 2 is 2.23 bits per heavy atom. The first kappa shape index (κ1) is 9.19. The van der Waals surface area contributed by atoms with Crippen LogP contribution in [0.4, 0.5) is 0 Å². The number of thiophene rings is 1. The third kappa shape index (κ3) is 1.41. The maximum absolute atomic E-state index is 9.54. The predicted octanol–water partition coefficient (Wildman–Crippen LogP) is 3.63. The number of hydrogen-bond acceptors (Lipinski definition) is 3. The maximum atomic E-state index is 9.54. The summed E-state index contributed by atoms with van der Waals surface area (Å²) in [5.74, 6) is 0.756. The number of fused-ring (bicyclic) bond motifs is 1. The van der Waals surface area contributed by atoms with Gasteiger partial charge in [-0.1, -0.05) is 0 Å². The minimum Gasteiger partial charge on any atom is -0.506 e. The zero-order valence-electron chi connectivity index (χ0n) is 6.62. The van der Waals surface area contributed by atoms with Crippen LogP contribution >= 0.6 is 35.6 Å². The van der Waals surface area contributed by atoms with Gasteiger partial charge in [0.15, 0.2) is 0 Å². The Kier molecular flexibility index (Phi) is 2.41. The average molecular weight is 231 g/mol. The Bertz CT molecular complexity index is 450. The first-order valence-electron chi connectivity index (χ1n) is 3.71. The minimum absolute atomic E-state index is 0.300. The Balaban J connectivity index is 2.87. The predicted molar refractivity (Wildman–Crippen MR) is 60.3 cm³/mol. The number of rotatable bonds is 1. The Labute approximate surface area is 90.4 Å². The topological polar surface area (TPSA) is 20.2 Å². The third-order valence-electron chi connectivity index (χ3n) is 1.90. The molecule has 1 aromatic heterocycles. The number of phenols is 1. The fraction of sp³-hybridized carbons (Fsp3) is 0.111. The van der Waals surface area contributed by atoms with Gasteiger partial charge < -0.3 is 5.11 Å². The average Bonchev–Trinajstić information content (AvgIpc) is 2.56. The van der Waals surface area contributed by atoms with E-state index >= 15 is 0 Å². The van der Waals surface area contributed by atoms with Crippen molar-refractivity contribution in [2.75, 3.05) is 0 Å². The molecule has 0 bridgehead atoms. The van der Waals surface area contributed by atoms with E-state index < -0.39 is 0 Å². The van der Waals surface area contributed by atoms with Crippen LogP contribution in [0, 0.1) is 0 Å². The first-order chi connectivity index (χ1) is 6.24. The molecule has 0 aliphatic heterocycles. The molecule has 2 rings (SSSR count). The quantitative estimate of drug-likeness (QED) is 0.566. The molecule has 0 spiro atoms. The van der Waals surface area contributed by atoms with E-state index in [4.69, 9.17) is 11.6 Å². The molecule has 0 fully saturated rings. The number of benzene rings is 1. The number of thiol groups is 1. The van der Waals surface area contributed by atoms with E-state index in [1.54, 1.807) is 12.1 Å². The highest BCUT2D eigenvalue weighted by molar-refractivity contribution is 7.80. The third-order valence-corrected chi connectivity index (χ3v) is 3.61. The van der Waals surface area contributed by atoms with Crippen LogP contribution in [0.1, 0.15) is 5.56 Å². The fourth-order valence-corrected chi connectivity index (χ4v) is 3.00. The SMILES string of the molecule is Oc1ccc(S)c2c(CCl)csc12. The van der Waals surface area contributed by atoms with Crippen LogP contribution in [0.2, 0.25) is 0 Å². The van der Waals surface area contributed by atoms with Gasteiger partial charge >= 0.3 is 0 Å². The summed E-state index contributed by atoms with van der Waals surface area (Å²) in [6.07, 6.45) is 0. The van der Waals surface area contributed by atoms with Gasteiger partial charge in [-0.15, -0.1) is 35.6 Å². The van der Waals surface area contributed by atoms with Crippen LogP contribution in [0.3, 0.4) is 0 Å². The van der Waals surface area contributed by atoms with Crippen molar-refractivity contribution in [3.8, 4) is 5.75 Å². The van der Waals surface area contributed by atoms with E-state index in [9.17, 15) is 5.11 Å². The van der Waals surface area contributed by atoms with Crippen LogP contribution in [0.5, 0.6) is 5.75 Å². The zero-order valence-corrected chi connectivity index (χ0v) is 9.09. The maximum Gasteiger partial charge on any atom is 0.133 e. The van der Waals surface area contributed by atoms with Gasteiger partial charge in [-0.3, -0.25) is 0 Å². The lowest BCUT2D eigenvalue weighted by atomic mass is 10.2. The van der Waals surface area contributed by atoms with Crippen molar-refractivity contribution in [1.29, 1.82) is 0 Å². The molecule has 0 saturated heterocycles. The van der Waals surface area contributed by atoms with E-state index in [0.717, 1.165) is 20.5 Å². The molecule has 1 aromatic carbocycles. The largest absolute Gasteiger partial charge is 0.506 e. The molecular weight excluding hydrogens is 224 g/mol. The van der Waals surface area contributed by atoms with Gasteiger partial charge in [0, 0.05) is 16.2 Å². The van der Waals surface area contributed by atoms with E-state index in [-0.39, 0.29) is 0 Å². The second kappa shape index (κ2) is 3.40. The van der Waals surface area contributed by atoms with Crippen molar-refractivity contribution in [1.82, 2.24) is 0 Å². The van der Waals surface area contributed by atoms with E-state index in [1.807, 2.05) is 5.38 Å². The zero-order chi connectivity index (χ0) is 9.42. The number of alkyl halides is 1. The molecule has 0 atom stereocenters. The van der Waals surface area contributed by atoms with Crippen LogP contribution in [0.15, 0.2) is 22.4 Å². The highest BCUT2D eigenvalue weighted by Gasteiger charge is 2.09. The summed E-state index contributed by atoms with van der Waals surface area (Å²) in [6.45, 7) is 0. The second-order valence-electron chi connectivity index (χ2n) is 2.70. The van der Waals surface area contributed by atoms with Crippen LogP contribution in [-0.2, 0) is 5.88 Å². The van der Waals surface area contributed by atoms with Gasteiger partial charge in [0.25, 0.3) is 0 Å². The second-order valence-corrected chi connectivity index (χ2v) is 4.33. The van der Waals surface area contributed by atoms with Gasteiger partial charge in [0.1, 0.15) is 5.75 Å². The van der Waals surface area contributed by atoms with Gasteiger partial charge in [-0.05, 0) is 23.1 Å². The Morgan fingerprint density at radius 1 is 1.46 bits per heavy atom. The summed E-state index contributed by atoms with van der Waals surface area (Å²) in [4.78, 5) is 0.865. The molecule has 4 heteroatoms. The monoisotopic (exact) mass is 230 g/mol. The Hall–Kier alpha value is -0.380. The summed E-state index contributed by atoms with van der Waals surface area (Å²) in [6, 6.07) is 3.43. The summed E-state index contributed by atoms with van der Waals surface area (Å²) < 4.78 is 0.864. The minimum atomic E-state index is 0.300. The molecule has 68 valence electrons. The van der Waals surface area contributed by atoms with Crippen molar-refractivity contribution >= 4 is 45.7 Å². The highest BCUT2D eigenvalue weighted by atomic mass is 35.5. The standard InChI is InChI=1S/C9H7ClOS2/c10-3-5-4-13-9-6(11)1-2-7(12)8(5)9/h1-2,4,11-12H,3H2. The molecule has 0 aliphatic rings. The highest BCUT2D eigenvalue weighted by Crippen LogP contribution is 2.37. The van der Waals surface area contributed by atoms with Crippen molar-refractivity contribution in [3.63, 3.8) is 0 Å². The molecule has 0 aliphatic carbocycles. The molecule has 2 aromatic rings. The first-order valence-corrected chi connectivity index (χ1v) is 5.57. The summed E-state index contributed by atoms with van der Waals surface area (Å²) in [7, 11) is 0. The number of halogens is 1. The number of aromatic hydroxyl groups is 1. The molecule has 0 saturated carbocycles. The number of phenolic OH excluding ortho intramolecular Hbond substituents is 1. The molecule has 0 unspecified atom stereocenters. The lowest BCUT2D eigenvalue weighted by molar-refractivity contribution is 0.482. The van der Waals surface area contributed by atoms with E-state index in [0.29, 0.717) is 11.6 Å². The molecule has 0 radical (unpaired) electrons. The van der Waals surface area contributed by atoms with Crippen LogP contribution in [-0.4, -0.2) is 5.11 Å². The van der Waals surface area contributed by atoms with Crippen LogP contribution < -0.4 is 0 Å². The van der Waals surface area contributed by atoms with Crippen molar-refractivity contribution < 1.29 is 5.11 Å². The summed E-state index contributed by atoms with van der Waals surface area (Å²) in [5.41, 5.74) is 1.03. The van der Waals surface area contributed by atoms with Gasteiger partial charge in [0.05, 0.1) is 4.70 Å². The smallest absolute Gasteiger partial charge is 0.133 e. The van der Waals surface area contributed by atoms with Crippen molar-refractivity contribution in [2.45, 2.75) is 10.8 Å². The van der Waals surface area contributed by atoms with Gasteiger partial charge in [-0.2, -0.15) is 0 Å². The normalized spacial score (nSPS) is 10.9. The van der Waals surface area contributed by atoms with Gasteiger partial charge in [-0.25, -0.2) is 0 Å². The van der Waals surface area contributed by atoms with E-state index in [1.165, 1.54) is 11.3 Å². The van der Waals surface area contributed by atoms with Crippen molar-refractivity contribution in [3.05, 3.63) is 23.1 Å². The number of hydrogen-bond donors (Lipinski definition) is 2.